The average molecular weight is 409 g/mol. The number of piperidine rings is 1. The van der Waals surface area contributed by atoms with E-state index in [0.717, 1.165) is 30.2 Å². The number of benzene rings is 1. The topological polar surface area (TPSA) is 81.2 Å². The molecule has 9 heteroatoms. The quantitative estimate of drug-likeness (QED) is 0.755. The molecule has 0 radical (unpaired) electrons. The highest BCUT2D eigenvalue weighted by molar-refractivity contribution is 7.89. The number of carbonyl (C=O) groups is 2. The molecule has 2 heterocycles. The number of piperazine rings is 1. The van der Waals surface area contributed by atoms with Crippen LogP contribution in [0.1, 0.15) is 29.6 Å². The zero-order chi connectivity index (χ0) is 20.3. The van der Waals surface area contributed by atoms with Crippen LogP contribution in [0.3, 0.4) is 0 Å². The minimum absolute atomic E-state index is 0.0741. The van der Waals surface area contributed by atoms with Crippen LogP contribution in [0.5, 0.6) is 0 Å². The fourth-order valence-corrected chi connectivity index (χ4v) is 4.45. The highest BCUT2D eigenvalue weighted by Gasteiger charge is 2.28. The first kappa shape index (κ1) is 20.6. The SMILES string of the molecule is CN(C)S(=O)(=O)c1ccc(C(=O)N2CCN(C(=O)N3CCCCC3)CC2)cc1. The van der Waals surface area contributed by atoms with Gasteiger partial charge in [0.05, 0.1) is 4.90 Å². The lowest BCUT2D eigenvalue weighted by Crippen LogP contribution is -2.54. The molecule has 1 aromatic carbocycles. The summed E-state index contributed by atoms with van der Waals surface area (Å²) in [6.07, 6.45) is 3.30. The maximum absolute atomic E-state index is 12.7. The molecule has 1 aromatic rings. The predicted molar refractivity (Wildman–Crippen MR) is 106 cm³/mol. The van der Waals surface area contributed by atoms with Crippen LogP contribution in [-0.4, -0.2) is 92.7 Å². The maximum Gasteiger partial charge on any atom is 0.320 e. The number of amides is 3. The number of carbonyl (C=O) groups excluding carboxylic acids is 2. The Balaban J connectivity index is 1.58. The van der Waals surface area contributed by atoms with Crippen molar-refractivity contribution in [3.05, 3.63) is 29.8 Å². The van der Waals surface area contributed by atoms with Crippen LogP contribution < -0.4 is 0 Å². The highest BCUT2D eigenvalue weighted by atomic mass is 32.2. The summed E-state index contributed by atoms with van der Waals surface area (Å²) in [6, 6.07) is 6.08. The van der Waals surface area contributed by atoms with Crippen LogP contribution in [0.2, 0.25) is 0 Å². The Kier molecular flexibility index (Phi) is 6.24. The summed E-state index contributed by atoms with van der Waals surface area (Å²) >= 11 is 0. The van der Waals surface area contributed by atoms with Crippen molar-refractivity contribution in [2.75, 3.05) is 53.4 Å². The van der Waals surface area contributed by atoms with Crippen LogP contribution >= 0.6 is 0 Å². The second kappa shape index (κ2) is 8.48. The van der Waals surface area contributed by atoms with Crippen molar-refractivity contribution in [3.63, 3.8) is 0 Å². The van der Waals surface area contributed by atoms with Crippen LogP contribution in [0.4, 0.5) is 4.79 Å². The molecule has 0 aliphatic carbocycles. The Morgan fingerprint density at radius 3 is 1.82 bits per heavy atom. The van der Waals surface area contributed by atoms with Gasteiger partial charge in [0.1, 0.15) is 0 Å². The summed E-state index contributed by atoms with van der Waals surface area (Å²) in [4.78, 5) is 30.9. The van der Waals surface area contributed by atoms with Gasteiger partial charge in [0.25, 0.3) is 5.91 Å². The molecule has 3 rings (SSSR count). The van der Waals surface area contributed by atoms with Crippen molar-refractivity contribution in [1.82, 2.24) is 19.0 Å². The summed E-state index contributed by atoms with van der Waals surface area (Å²) < 4.78 is 25.4. The van der Waals surface area contributed by atoms with Gasteiger partial charge in [-0.05, 0) is 43.5 Å². The third-order valence-corrected chi connectivity index (χ3v) is 7.17. The molecule has 0 atom stereocenters. The fourth-order valence-electron chi connectivity index (χ4n) is 3.55. The molecule has 2 fully saturated rings. The Labute approximate surface area is 166 Å². The van der Waals surface area contributed by atoms with Crippen molar-refractivity contribution in [3.8, 4) is 0 Å². The molecular formula is C19H28N4O4S. The second-order valence-corrected chi connectivity index (χ2v) is 9.57. The molecular weight excluding hydrogens is 380 g/mol. The lowest BCUT2D eigenvalue weighted by Gasteiger charge is -2.38. The molecule has 8 nitrogen and oxygen atoms in total. The van der Waals surface area contributed by atoms with Gasteiger partial charge in [-0.15, -0.1) is 0 Å². The van der Waals surface area contributed by atoms with Gasteiger partial charge in [-0.2, -0.15) is 0 Å². The lowest BCUT2D eigenvalue weighted by molar-refractivity contribution is 0.0633. The van der Waals surface area contributed by atoms with E-state index in [2.05, 4.69) is 0 Å². The Morgan fingerprint density at radius 2 is 1.29 bits per heavy atom. The fraction of sp³-hybridized carbons (Fsp3) is 0.579. The van der Waals surface area contributed by atoms with E-state index in [4.69, 9.17) is 0 Å². The van der Waals surface area contributed by atoms with E-state index in [1.54, 1.807) is 17.0 Å². The van der Waals surface area contributed by atoms with E-state index in [1.807, 2.05) is 9.80 Å². The second-order valence-electron chi connectivity index (χ2n) is 7.42. The van der Waals surface area contributed by atoms with Crippen molar-refractivity contribution >= 4 is 22.0 Å². The molecule has 154 valence electrons. The number of sulfonamides is 1. The number of rotatable bonds is 3. The molecule has 3 amide bonds. The Morgan fingerprint density at radius 1 is 0.786 bits per heavy atom. The van der Waals surface area contributed by atoms with E-state index in [-0.39, 0.29) is 16.8 Å². The van der Waals surface area contributed by atoms with E-state index in [0.29, 0.717) is 31.7 Å². The Hall–Kier alpha value is -2.13. The summed E-state index contributed by atoms with van der Waals surface area (Å²) in [5.74, 6) is -0.140. The molecule has 0 bridgehead atoms. The van der Waals surface area contributed by atoms with E-state index < -0.39 is 10.0 Å². The first-order chi connectivity index (χ1) is 13.3. The number of nitrogens with zero attached hydrogens (tertiary/aromatic N) is 4. The predicted octanol–water partition coefficient (Wildman–Crippen LogP) is 1.30. The van der Waals surface area contributed by atoms with Gasteiger partial charge >= 0.3 is 6.03 Å². The van der Waals surface area contributed by atoms with E-state index in [1.165, 1.54) is 32.6 Å². The van der Waals surface area contributed by atoms with Crippen LogP contribution in [0.15, 0.2) is 29.2 Å². The van der Waals surface area contributed by atoms with Gasteiger partial charge in [0, 0.05) is 58.9 Å². The Bertz CT molecular complexity index is 809. The highest BCUT2D eigenvalue weighted by Crippen LogP contribution is 2.17. The first-order valence-electron chi connectivity index (χ1n) is 9.66. The average Bonchev–Trinajstić information content (AvgIpc) is 2.73. The number of urea groups is 1. The van der Waals surface area contributed by atoms with Crippen molar-refractivity contribution in [2.24, 2.45) is 0 Å². The zero-order valence-corrected chi connectivity index (χ0v) is 17.3. The van der Waals surface area contributed by atoms with Gasteiger partial charge in [-0.3, -0.25) is 4.79 Å². The molecule has 0 unspecified atom stereocenters. The van der Waals surface area contributed by atoms with Gasteiger partial charge in [0.15, 0.2) is 0 Å². The normalized spacial score (nSPS) is 18.5. The summed E-state index contributed by atoms with van der Waals surface area (Å²) in [5.41, 5.74) is 0.452. The number of hydrogen-bond acceptors (Lipinski definition) is 4. The largest absolute Gasteiger partial charge is 0.335 e. The molecule has 0 aromatic heterocycles. The smallest absolute Gasteiger partial charge is 0.320 e. The zero-order valence-electron chi connectivity index (χ0n) is 16.5. The van der Waals surface area contributed by atoms with Crippen LogP contribution in [0, 0.1) is 0 Å². The molecule has 2 aliphatic rings. The summed E-state index contributed by atoms with van der Waals surface area (Å²) in [6.45, 7) is 3.65. The third-order valence-electron chi connectivity index (χ3n) is 5.34. The van der Waals surface area contributed by atoms with Gasteiger partial charge < -0.3 is 14.7 Å². The van der Waals surface area contributed by atoms with Crippen molar-refractivity contribution in [2.45, 2.75) is 24.2 Å². The molecule has 2 aliphatic heterocycles. The lowest BCUT2D eigenvalue weighted by atomic mass is 10.1. The van der Waals surface area contributed by atoms with Gasteiger partial charge in [-0.25, -0.2) is 17.5 Å². The van der Waals surface area contributed by atoms with Crippen LogP contribution in [-0.2, 0) is 10.0 Å². The molecule has 0 saturated carbocycles. The molecule has 0 spiro atoms. The summed E-state index contributed by atoms with van der Waals surface area (Å²) in [5, 5.41) is 0. The molecule has 2 saturated heterocycles. The van der Waals surface area contributed by atoms with Gasteiger partial charge in [0.2, 0.25) is 10.0 Å². The van der Waals surface area contributed by atoms with E-state index in [9.17, 15) is 18.0 Å². The van der Waals surface area contributed by atoms with Crippen molar-refractivity contribution in [1.29, 1.82) is 0 Å². The number of likely N-dealkylation sites (tertiary alicyclic amines) is 1. The monoisotopic (exact) mass is 408 g/mol. The van der Waals surface area contributed by atoms with Crippen LogP contribution in [0.25, 0.3) is 0 Å². The maximum atomic E-state index is 12.7. The third kappa shape index (κ3) is 4.30. The summed E-state index contributed by atoms with van der Waals surface area (Å²) in [7, 11) is -0.570. The van der Waals surface area contributed by atoms with Gasteiger partial charge in [-0.1, -0.05) is 0 Å². The van der Waals surface area contributed by atoms with Crippen molar-refractivity contribution < 1.29 is 18.0 Å². The minimum atomic E-state index is -3.51. The standard InChI is InChI=1S/C19H28N4O4S/c1-20(2)28(26,27)17-8-6-16(7-9-17)18(24)21-12-14-23(15-13-21)19(25)22-10-4-3-5-11-22/h6-9H,3-5,10-15H2,1-2H3. The van der Waals surface area contributed by atoms with E-state index >= 15 is 0 Å². The first-order valence-corrected chi connectivity index (χ1v) is 11.1. The number of hydrogen-bond donors (Lipinski definition) is 0. The molecule has 28 heavy (non-hydrogen) atoms. The molecule has 0 N–H and O–H groups in total. The minimum Gasteiger partial charge on any atom is -0.335 e.